The lowest BCUT2D eigenvalue weighted by Crippen LogP contribution is -2.33. The molecule has 1 aliphatic carbocycles. The Balaban J connectivity index is 1.51. The number of fused-ring (bicyclic) bond motifs is 1. The fraction of sp³-hybridized carbons (Fsp3) is 0.579. The minimum atomic E-state index is 0.573. The van der Waals surface area contributed by atoms with Gasteiger partial charge < -0.3 is 14.0 Å². The van der Waals surface area contributed by atoms with Crippen molar-refractivity contribution in [2.45, 2.75) is 52.4 Å². The molecule has 0 bridgehead atoms. The predicted molar refractivity (Wildman–Crippen MR) is 102 cm³/mol. The van der Waals surface area contributed by atoms with Gasteiger partial charge in [0, 0.05) is 19.1 Å². The van der Waals surface area contributed by atoms with Crippen LogP contribution in [0.1, 0.15) is 43.9 Å². The molecule has 26 heavy (non-hydrogen) atoms. The standard InChI is InChI=1S/C19H26N4O2S/c1-3-24-17-9-14-7-8-21(11-15(14)10-18(17)25-4-2)13-23-19(26)22(12-20-23)16-5-6-16/h9-10,12,16H,3-8,11,13H2,1-2H3. The maximum Gasteiger partial charge on any atom is 0.199 e. The van der Waals surface area contributed by atoms with E-state index in [1.165, 1.54) is 24.0 Å². The molecule has 1 aromatic carbocycles. The van der Waals surface area contributed by atoms with Crippen molar-refractivity contribution in [1.82, 2.24) is 19.2 Å². The first-order valence-corrected chi connectivity index (χ1v) is 9.88. The van der Waals surface area contributed by atoms with Crippen molar-refractivity contribution in [3.63, 3.8) is 0 Å². The molecule has 1 fully saturated rings. The summed E-state index contributed by atoms with van der Waals surface area (Å²) in [6, 6.07) is 4.86. The number of aromatic nitrogens is 3. The summed E-state index contributed by atoms with van der Waals surface area (Å²) >= 11 is 5.59. The second-order valence-electron chi connectivity index (χ2n) is 6.93. The molecule has 0 amide bonds. The Morgan fingerprint density at radius 3 is 2.46 bits per heavy atom. The molecule has 0 unspecified atom stereocenters. The zero-order valence-electron chi connectivity index (χ0n) is 15.5. The molecule has 6 nitrogen and oxygen atoms in total. The highest BCUT2D eigenvalue weighted by Crippen LogP contribution is 2.35. The first-order chi connectivity index (χ1) is 12.7. The molecule has 0 N–H and O–H groups in total. The smallest absolute Gasteiger partial charge is 0.199 e. The lowest BCUT2D eigenvalue weighted by Gasteiger charge is -2.29. The fourth-order valence-electron chi connectivity index (χ4n) is 3.52. The number of ether oxygens (including phenoxy) is 2. The summed E-state index contributed by atoms with van der Waals surface area (Å²) in [7, 11) is 0. The molecule has 2 heterocycles. The topological polar surface area (TPSA) is 44.5 Å². The number of hydrogen-bond acceptors (Lipinski definition) is 5. The SMILES string of the molecule is CCOc1cc2c(cc1OCC)CN(Cn1ncn(C3CC3)c1=S)CC2. The van der Waals surface area contributed by atoms with Crippen LogP contribution in [-0.4, -0.2) is 39.0 Å². The lowest BCUT2D eigenvalue weighted by molar-refractivity contribution is 0.187. The van der Waals surface area contributed by atoms with Gasteiger partial charge in [0.2, 0.25) is 0 Å². The summed E-state index contributed by atoms with van der Waals surface area (Å²) in [4.78, 5) is 2.39. The molecular formula is C19H26N4O2S. The van der Waals surface area contributed by atoms with Gasteiger partial charge in [-0.1, -0.05) is 0 Å². The largest absolute Gasteiger partial charge is 0.490 e. The van der Waals surface area contributed by atoms with Crippen LogP contribution in [0, 0.1) is 4.77 Å². The summed E-state index contributed by atoms with van der Waals surface area (Å²) in [6.07, 6.45) is 5.33. The van der Waals surface area contributed by atoms with Gasteiger partial charge >= 0.3 is 0 Å². The van der Waals surface area contributed by atoms with E-state index in [1.807, 2.05) is 24.9 Å². The van der Waals surface area contributed by atoms with Crippen LogP contribution in [0.4, 0.5) is 0 Å². The third-order valence-corrected chi connectivity index (χ3v) is 5.41. The van der Waals surface area contributed by atoms with Gasteiger partial charge in [-0.05, 0) is 68.6 Å². The van der Waals surface area contributed by atoms with E-state index in [1.54, 1.807) is 0 Å². The number of rotatable bonds is 7. The third-order valence-electron chi connectivity index (χ3n) is 4.99. The van der Waals surface area contributed by atoms with Gasteiger partial charge in [-0.3, -0.25) is 4.90 Å². The maximum atomic E-state index is 5.78. The van der Waals surface area contributed by atoms with Crippen LogP contribution in [0.3, 0.4) is 0 Å². The van der Waals surface area contributed by atoms with Crippen LogP contribution in [0.25, 0.3) is 0 Å². The van der Waals surface area contributed by atoms with Crippen molar-refractivity contribution in [2.24, 2.45) is 0 Å². The van der Waals surface area contributed by atoms with Crippen molar-refractivity contribution in [2.75, 3.05) is 19.8 Å². The van der Waals surface area contributed by atoms with Gasteiger partial charge in [-0.2, -0.15) is 5.10 Å². The van der Waals surface area contributed by atoms with Crippen LogP contribution < -0.4 is 9.47 Å². The molecule has 0 saturated heterocycles. The Morgan fingerprint density at radius 1 is 1.12 bits per heavy atom. The van der Waals surface area contributed by atoms with Crippen molar-refractivity contribution in [3.8, 4) is 11.5 Å². The average molecular weight is 375 g/mol. The highest BCUT2D eigenvalue weighted by Gasteiger charge is 2.26. The molecule has 4 rings (SSSR count). The second kappa shape index (κ2) is 7.40. The van der Waals surface area contributed by atoms with E-state index in [9.17, 15) is 0 Å². The Morgan fingerprint density at radius 2 is 1.81 bits per heavy atom. The van der Waals surface area contributed by atoms with E-state index < -0.39 is 0 Å². The summed E-state index contributed by atoms with van der Waals surface area (Å²) < 4.78 is 16.4. The molecule has 2 aliphatic rings. The summed E-state index contributed by atoms with van der Waals surface area (Å²) in [5, 5.41) is 4.50. The Bertz CT molecular complexity index is 841. The fourth-order valence-corrected chi connectivity index (χ4v) is 3.82. The quantitative estimate of drug-likeness (QED) is 0.694. The normalized spacial score (nSPS) is 17.2. The molecular weight excluding hydrogens is 348 g/mol. The maximum absolute atomic E-state index is 5.78. The molecule has 1 aliphatic heterocycles. The van der Waals surface area contributed by atoms with E-state index >= 15 is 0 Å². The molecule has 7 heteroatoms. The van der Waals surface area contributed by atoms with Gasteiger partial charge in [0.25, 0.3) is 0 Å². The summed E-state index contributed by atoms with van der Waals surface area (Å²) in [5.74, 6) is 1.69. The van der Waals surface area contributed by atoms with Gasteiger partial charge in [-0.15, -0.1) is 0 Å². The van der Waals surface area contributed by atoms with Crippen molar-refractivity contribution in [3.05, 3.63) is 34.4 Å². The van der Waals surface area contributed by atoms with Gasteiger partial charge in [0.15, 0.2) is 16.3 Å². The second-order valence-corrected chi connectivity index (χ2v) is 7.29. The van der Waals surface area contributed by atoms with E-state index in [2.05, 4.69) is 26.7 Å². The van der Waals surface area contributed by atoms with Crippen LogP contribution >= 0.6 is 12.2 Å². The van der Waals surface area contributed by atoms with Crippen LogP contribution in [0.2, 0.25) is 0 Å². The monoisotopic (exact) mass is 374 g/mol. The van der Waals surface area contributed by atoms with E-state index in [-0.39, 0.29) is 0 Å². The molecule has 0 radical (unpaired) electrons. The van der Waals surface area contributed by atoms with Crippen molar-refractivity contribution < 1.29 is 9.47 Å². The highest BCUT2D eigenvalue weighted by atomic mass is 32.1. The van der Waals surface area contributed by atoms with E-state index in [0.717, 1.165) is 42.4 Å². The Hall–Kier alpha value is -1.86. The molecule has 0 atom stereocenters. The number of benzene rings is 1. The van der Waals surface area contributed by atoms with E-state index in [4.69, 9.17) is 21.7 Å². The first-order valence-electron chi connectivity index (χ1n) is 9.47. The molecule has 140 valence electrons. The van der Waals surface area contributed by atoms with Crippen LogP contribution in [0.5, 0.6) is 11.5 Å². The average Bonchev–Trinajstić information content (AvgIpc) is 3.41. The van der Waals surface area contributed by atoms with Crippen LogP contribution in [-0.2, 0) is 19.6 Å². The summed E-state index contributed by atoms with van der Waals surface area (Å²) in [5.41, 5.74) is 2.65. The minimum Gasteiger partial charge on any atom is -0.490 e. The zero-order chi connectivity index (χ0) is 18.1. The number of nitrogens with zero attached hydrogens (tertiary/aromatic N) is 4. The molecule has 2 aromatic rings. The van der Waals surface area contributed by atoms with Gasteiger partial charge in [0.05, 0.1) is 19.9 Å². The zero-order valence-corrected chi connectivity index (χ0v) is 16.3. The number of hydrogen-bond donors (Lipinski definition) is 0. The summed E-state index contributed by atoms with van der Waals surface area (Å²) in [6.45, 7) is 7.88. The van der Waals surface area contributed by atoms with Crippen molar-refractivity contribution in [1.29, 1.82) is 0 Å². The highest BCUT2D eigenvalue weighted by molar-refractivity contribution is 7.71. The Labute approximate surface area is 159 Å². The molecule has 1 saturated carbocycles. The lowest BCUT2D eigenvalue weighted by atomic mass is 9.99. The minimum absolute atomic E-state index is 0.573. The predicted octanol–water partition coefficient (Wildman–Crippen LogP) is 3.56. The van der Waals surface area contributed by atoms with Gasteiger partial charge in [0.1, 0.15) is 6.33 Å². The van der Waals surface area contributed by atoms with Crippen LogP contribution in [0.15, 0.2) is 18.5 Å². The van der Waals surface area contributed by atoms with Gasteiger partial charge in [-0.25, -0.2) is 4.68 Å². The first kappa shape index (κ1) is 17.5. The van der Waals surface area contributed by atoms with E-state index in [0.29, 0.717) is 19.3 Å². The third kappa shape index (κ3) is 3.50. The molecule has 1 aromatic heterocycles. The van der Waals surface area contributed by atoms with Crippen molar-refractivity contribution >= 4 is 12.2 Å². The Kier molecular flexibility index (Phi) is 5.00. The molecule has 0 spiro atoms.